The first-order valence-corrected chi connectivity index (χ1v) is 6.71. The van der Waals surface area contributed by atoms with E-state index in [1.807, 2.05) is 0 Å². The van der Waals surface area contributed by atoms with Gasteiger partial charge in [-0.2, -0.15) is 0 Å². The Morgan fingerprint density at radius 1 is 1.53 bits per heavy atom. The molecule has 2 aromatic rings. The minimum atomic E-state index is -0.124. The lowest BCUT2D eigenvalue weighted by molar-refractivity contribution is 0.102. The molecule has 0 N–H and O–H groups in total. The zero-order chi connectivity index (χ0) is 13.4. The molecule has 0 radical (unpaired) electrons. The maximum Gasteiger partial charge on any atom is 0.268 e. The summed E-state index contributed by atoms with van der Waals surface area (Å²) >= 11 is 3.24. The quantitative estimate of drug-likeness (QED) is 0.835. The Labute approximate surface area is 117 Å². The zero-order valence-corrected chi connectivity index (χ0v) is 11.9. The van der Waals surface area contributed by atoms with Gasteiger partial charge < -0.3 is 9.26 Å². The van der Waals surface area contributed by atoms with E-state index in [2.05, 4.69) is 26.1 Å². The zero-order valence-electron chi connectivity index (χ0n) is 10.4. The summed E-state index contributed by atoms with van der Waals surface area (Å²) in [7, 11) is 0. The molecule has 0 saturated carbocycles. The van der Waals surface area contributed by atoms with Gasteiger partial charge in [-0.3, -0.25) is 9.36 Å². The van der Waals surface area contributed by atoms with Gasteiger partial charge in [0.15, 0.2) is 0 Å². The molecule has 0 aromatic carbocycles. The number of hydrogen-bond donors (Lipinski definition) is 0. The Morgan fingerprint density at radius 2 is 2.37 bits per heavy atom. The fourth-order valence-electron chi connectivity index (χ4n) is 2.03. The van der Waals surface area contributed by atoms with Crippen LogP contribution in [-0.4, -0.2) is 21.3 Å². The lowest BCUT2D eigenvalue weighted by Gasteiger charge is -2.11. The van der Waals surface area contributed by atoms with Crippen molar-refractivity contribution in [1.29, 1.82) is 0 Å². The predicted octanol–water partition coefficient (Wildman–Crippen LogP) is 1.42. The van der Waals surface area contributed by atoms with Gasteiger partial charge >= 0.3 is 0 Å². The molecule has 0 saturated heterocycles. The van der Waals surface area contributed by atoms with E-state index in [4.69, 9.17) is 9.26 Å². The van der Waals surface area contributed by atoms with Crippen LogP contribution in [0.4, 0.5) is 0 Å². The van der Waals surface area contributed by atoms with Crippen LogP contribution in [0.5, 0.6) is 0 Å². The number of aromatic nitrogens is 3. The van der Waals surface area contributed by atoms with E-state index in [0.29, 0.717) is 29.9 Å². The monoisotopic (exact) mass is 325 g/mol. The van der Waals surface area contributed by atoms with Crippen LogP contribution in [0.25, 0.3) is 0 Å². The third-order valence-electron chi connectivity index (χ3n) is 3.15. The van der Waals surface area contributed by atoms with Crippen molar-refractivity contribution < 1.29 is 9.26 Å². The van der Waals surface area contributed by atoms with Crippen molar-refractivity contribution in [2.24, 2.45) is 0 Å². The molecule has 0 unspecified atom stereocenters. The number of aryl methyl sites for hydroxylation is 1. The molecule has 0 amide bonds. The molecular formula is C12H12BrN3O3. The highest BCUT2D eigenvalue weighted by molar-refractivity contribution is 9.10. The van der Waals surface area contributed by atoms with Crippen molar-refractivity contribution in [1.82, 2.24) is 14.7 Å². The first-order chi connectivity index (χ1) is 9.16. The van der Waals surface area contributed by atoms with Gasteiger partial charge in [-0.25, -0.2) is 4.98 Å². The van der Waals surface area contributed by atoms with Crippen molar-refractivity contribution in [2.75, 3.05) is 6.61 Å². The Kier molecular flexibility index (Phi) is 3.24. The second-order valence-electron chi connectivity index (χ2n) is 4.41. The van der Waals surface area contributed by atoms with Crippen molar-refractivity contribution in [3.05, 3.63) is 43.9 Å². The van der Waals surface area contributed by atoms with Gasteiger partial charge in [0.1, 0.15) is 15.9 Å². The average molecular weight is 326 g/mol. The first-order valence-electron chi connectivity index (χ1n) is 5.92. The fourth-order valence-corrected chi connectivity index (χ4v) is 2.36. The van der Waals surface area contributed by atoms with Crippen LogP contribution in [0, 0.1) is 6.92 Å². The molecule has 7 heteroatoms. The summed E-state index contributed by atoms with van der Waals surface area (Å²) in [4.78, 5) is 16.2. The highest BCUT2D eigenvalue weighted by Gasteiger charge is 2.20. The fraction of sp³-hybridized carbons (Fsp3) is 0.417. The molecule has 2 aromatic heterocycles. The van der Waals surface area contributed by atoms with E-state index in [-0.39, 0.29) is 5.56 Å². The van der Waals surface area contributed by atoms with Crippen LogP contribution >= 0.6 is 15.9 Å². The smallest absolute Gasteiger partial charge is 0.268 e. The summed E-state index contributed by atoms with van der Waals surface area (Å²) < 4.78 is 12.6. The highest BCUT2D eigenvalue weighted by atomic mass is 79.9. The summed E-state index contributed by atoms with van der Waals surface area (Å²) in [6, 6.07) is 0. The third kappa shape index (κ3) is 2.23. The van der Waals surface area contributed by atoms with Crippen molar-refractivity contribution in [3.63, 3.8) is 0 Å². The number of fused-ring (bicyclic) bond motifs is 1. The molecule has 1 aliphatic heterocycles. The van der Waals surface area contributed by atoms with Crippen LogP contribution in [0.1, 0.15) is 22.7 Å². The first kappa shape index (κ1) is 12.6. The summed E-state index contributed by atoms with van der Waals surface area (Å²) in [5, 5.41) is 4.03. The van der Waals surface area contributed by atoms with Gasteiger partial charge in [0.25, 0.3) is 5.56 Å². The topological polar surface area (TPSA) is 70.2 Å². The molecule has 19 heavy (non-hydrogen) atoms. The minimum absolute atomic E-state index is 0.124. The van der Waals surface area contributed by atoms with Crippen LogP contribution in [0.3, 0.4) is 0 Å². The number of hydrogen-bond acceptors (Lipinski definition) is 5. The predicted molar refractivity (Wildman–Crippen MR) is 69.9 cm³/mol. The second-order valence-corrected chi connectivity index (χ2v) is 5.20. The summed E-state index contributed by atoms with van der Waals surface area (Å²) in [6.07, 6.45) is 2.25. The van der Waals surface area contributed by atoms with Crippen molar-refractivity contribution in [3.8, 4) is 0 Å². The van der Waals surface area contributed by atoms with E-state index >= 15 is 0 Å². The van der Waals surface area contributed by atoms with E-state index in [0.717, 1.165) is 23.4 Å². The maximum atomic E-state index is 12.1. The SMILES string of the molecule is Cc1ncn(Cc2noc3c2COCC3)c(=O)c1Br. The van der Waals surface area contributed by atoms with Gasteiger partial charge in [-0.15, -0.1) is 0 Å². The Hall–Kier alpha value is -1.47. The van der Waals surface area contributed by atoms with E-state index in [1.54, 1.807) is 6.92 Å². The molecule has 0 aliphatic carbocycles. The van der Waals surface area contributed by atoms with E-state index in [9.17, 15) is 4.79 Å². The normalized spacial score (nSPS) is 14.4. The molecule has 6 nitrogen and oxygen atoms in total. The van der Waals surface area contributed by atoms with Crippen molar-refractivity contribution >= 4 is 15.9 Å². The van der Waals surface area contributed by atoms with E-state index in [1.165, 1.54) is 10.9 Å². The number of ether oxygens (including phenoxy) is 1. The Bertz CT molecular complexity index is 677. The summed E-state index contributed by atoms with van der Waals surface area (Å²) in [5.74, 6) is 0.855. The van der Waals surface area contributed by atoms with Gasteiger partial charge in [-0.1, -0.05) is 5.16 Å². The number of nitrogens with zero attached hydrogens (tertiary/aromatic N) is 3. The third-order valence-corrected chi connectivity index (χ3v) is 4.06. The van der Waals surface area contributed by atoms with Gasteiger partial charge in [-0.05, 0) is 22.9 Å². The lowest BCUT2D eigenvalue weighted by Crippen LogP contribution is -2.23. The largest absolute Gasteiger partial charge is 0.376 e. The average Bonchev–Trinajstić information content (AvgIpc) is 2.83. The molecular weight excluding hydrogens is 314 g/mol. The maximum absolute atomic E-state index is 12.1. The van der Waals surface area contributed by atoms with Crippen LogP contribution in [0.2, 0.25) is 0 Å². The van der Waals surface area contributed by atoms with Crippen molar-refractivity contribution in [2.45, 2.75) is 26.5 Å². The molecule has 1 aliphatic rings. The molecule has 0 bridgehead atoms. The molecule has 3 heterocycles. The molecule has 0 fully saturated rings. The number of halogens is 1. The van der Waals surface area contributed by atoms with Crippen LogP contribution in [0.15, 0.2) is 20.1 Å². The summed E-state index contributed by atoms with van der Waals surface area (Å²) in [6.45, 7) is 3.26. The summed E-state index contributed by atoms with van der Waals surface area (Å²) in [5.41, 5.74) is 2.23. The second kappa shape index (κ2) is 4.90. The Balaban J connectivity index is 1.96. The van der Waals surface area contributed by atoms with Gasteiger partial charge in [0.2, 0.25) is 0 Å². The van der Waals surface area contributed by atoms with Gasteiger partial charge in [0.05, 0.1) is 31.8 Å². The van der Waals surface area contributed by atoms with Crippen LogP contribution in [-0.2, 0) is 24.3 Å². The Morgan fingerprint density at radius 3 is 3.21 bits per heavy atom. The molecule has 0 atom stereocenters. The number of rotatable bonds is 2. The highest BCUT2D eigenvalue weighted by Crippen LogP contribution is 2.21. The lowest BCUT2D eigenvalue weighted by atomic mass is 10.1. The molecule has 0 spiro atoms. The van der Waals surface area contributed by atoms with Crippen LogP contribution < -0.4 is 5.56 Å². The minimum Gasteiger partial charge on any atom is -0.376 e. The molecule has 100 valence electrons. The van der Waals surface area contributed by atoms with Gasteiger partial charge in [0, 0.05) is 12.0 Å². The van der Waals surface area contributed by atoms with E-state index < -0.39 is 0 Å². The molecule has 3 rings (SSSR count). The standard InChI is InChI=1S/C12H12BrN3O3/c1-7-11(13)12(17)16(6-14-7)4-9-8-5-18-3-2-10(8)19-15-9/h6H,2-5H2,1H3.